The Morgan fingerprint density at radius 1 is 0.553 bits per heavy atom. The monoisotopic (exact) mass is 666 g/mol. The molecule has 1 aromatic carbocycles. The van der Waals surface area contributed by atoms with Crippen LogP contribution in [0.3, 0.4) is 0 Å². The van der Waals surface area contributed by atoms with Gasteiger partial charge in [-0.05, 0) is 0 Å². The van der Waals surface area contributed by atoms with Crippen LogP contribution in [0.25, 0.3) is 0 Å². The third-order valence-electron chi connectivity index (χ3n) is 5.05. The van der Waals surface area contributed by atoms with Gasteiger partial charge in [-0.15, -0.1) is 0 Å². The predicted octanol–water partition coefficient (Wildman–Crippen LogP) is 7.68. The van der Waals surface area contributed by atoms with Crippen LogP contribution >= 0.6 is 0 Å². The molecule has 1 aromatic rings. The molecule has 0 aliphatic carbocycles. The maximum absolute atomic E-state index is 14.3. The van der Waals surface area contributed by atoms with E-state index in [0.29, 0.717) is 12.1 Å². The average Bonchev–Trinajstić information content (AvgIpc) is 2.76. The van der Waals surface area contributed by atoms with E-state index in [0.717, 1.165) is 19.2 Å². The van der Waals surface area contributed by atoms with Gasteiger partial charge in [-0.3, -0.25) is 0 Å². The molecule has 0 saturated heterocycles. The molecule has 0 atom stereocenters. The molecule has 0 radical (unpaired) electrons. The number of benzene rings is 1. The summed E-state index contributed by atoms with van der Waals surface area (Å²) in [5, 5.41) is -2.41. The first-order chi connectivity index (χ1) is 16.5. The number of halogens is 19. The molecule has 0 aliphatic rings. The van der Waals surface area contributed by atoms with Crippen LogP contribution in [0, 0.1) is 0 Å². The van der Waals surface area contributed by atoms with Gasteiger partial charge in [0.15, 0.2) is 0 Å². The van der Waals surface area contributed by atoms with Crippen molar-refractivity contribution in [2.45, 2.75) is 59.3 Å². The molecule has 0 saturated carbocycles. The fourth-order valence-electron chi connectivity index (χ4n) is 2.65. The van der Waals surface area contributed by atoms with E-state index in [1.165, 1.54) is 0 Å². The van der Waals surface area contributed by atoms with Gasteiger partial charge in [0.25, 0.3) is 0 Å². The van der Waals surface area contributed by atoms with E-state index in [1.807, 2.05) is 0 Å². The zero-order valence-corrected chi connectivity index (χ0v) is 19.9. The van der Waals surface area contributed by atoms with E-state index in [4.69, 9.17) is 0 Å². The van der Waals surface area contributed by atoms with Crippen LogP contribution in [0.2, 0.25) is 5.25 Å². The molecule has 0 amide bonds. The summed E-state index contributed by atoms with van der Waals surface area (Å²) < 4.78 is 257. The number of methoxy groups -OCH3 is 1. The normalized spacial score (nSPS) is 15.6. The molecule has 1 rings (SSSR count). The molecule has 1 nitrogen and oxygen atoms in total. The number of alkyl halides is 17. The van der Waals surface area contributed by atoms with Gasteiger partial charge in [0.2, 0.25) is 0 Å². The van der Waals surface area contributed by atoms with Crippen LogP contribution in [0.4, 0.5) is 81.6 Å². The van der Waals surface area contributed by atoms with Crippen LogP contribution < -0.4 is 9.13 Å². The average molecular weight is 665 g/mol. The minimum absolute atomic E-state index is 0.0838. The van der Waals surface area contributed by atoms with E-state index in [1.54, 1.807) is 0 Å². The fraction of sp³-hybridized carbons (Fsp3) is 0.647. The summed E-state index contributed by atoms with van der Waals surface area (Å²) in [6, 6.07) is 2.69. The summed E-state index contributed by atoms with van der Waals surface area (Å²) in [6.07, 6.45) is -11.0. The first-order valence-electron chi connectivity index (χ1n) is 9.23. The zero-order chi connectivity index (χ0) is 30.6. The van der Waals surface area contributed by atoms with Gasteiger partial charge in [-0.25, -0.2) is 0 Å². The molecule has 0 fully saturated rings. The molecule has 0 bridgehead atoms. The van der Waals surface area contributed by atoms with E-state index in [9.17, 15) is 81.6 Å². The van der Waals surface area contributed by atoms with Crippen LogP contribution in [0.5, 0.6) is 5.75 Å². The van der Waals surface area contributed by atoms with Gasteiger partial charge >= 0.3 is 201 Å². The number of hydrogen-bond acceptors (Lipinski definition) is 1. The van der Waals surface area contributed by atoms with E-state index in [2.05, 4.69) is 4.74 Å². The summed E-state index contributed by atoms with van der Waals surface area (Å²) in [4.78, 5) is 0. The van der Waals surface area contributed by atoms with Crippen molar-refractivity contribution in [1.29, 1.82) is 0 Å². The molecule has 38 heavy (non-hydrogen) atoms. The topological polar surface area (TPSA) is 9.23 Å². The van der Waals surface area contributed by atoms with Crippen molar-refractivity contribution in [2.24, 2.45) is 0 Å². The number of hydrogen-bond donors (Lipinski definition) is 0. The van der Waals surface area contributed by atoms with E-state index >= 15 is 0 Å². The summed E-state index contributed by atoms with van der Waals surface area (Å²) in [5.41, 5.74) is 0. The van der Waals surface area contributed by atoms with Crippen molar-refractivity contribution in [3.8, 4) is 5.75 Å². The molecule has 0 aliphatic heterocycles. The summed E-state index contributed by atoms with van der Waals surface area (Å²) >= 11 is -6.90. The third-order valence-corrected chi connectivity index (χ3v) is 9.37. The van der Waals surface area contributed by atoms with Gasteiger partial charge in [-0.2, -0.15) is 0 Å². The quantitative estimate of drug-likeness (QED) is 0.174. The molecule has 0 spiro atoms. The van der Waals surface area contributed by atoms with Crippen molar-refractivity contribution in [1.82, 2.24) is 0 Å². The third kappa shape index (κ3) is 5.08. The van der Waals surface area contributed by atoms with Gasteiger partial charge in [0, 0.05) is 0 Å². The molecular weight excluding hydrogens is 654 g/mol. The Labute approximate surface area is 202 Å². The number of rotatable bonds is 11. The standard InChI is InChI=1S/C17H11F19GeO/c1-38-9-4-2-8(3-5-9)37(35,36)7-6-10(18,19)11(20,21)12(22,23)13(24,25)14(26,27)15(28,29)16(30,31)17(32,33)34/h2-5H,6-7H2,1H3. The first kappa shape index (κ1) is 34.3. The maximum atomic E-state index is 14.3. The molecule has 222 valence electrons. The van der Waals surface area contributed by atoms with Crippen molar-refractivity contribution in [2.75, 3.05) is 7.11 Å². The first-order valence-corrected chi connectivity index (χ1v) is 13.4. The Bertz CT molecular complexity index is 966. The van der Waals surface area contributed by atoms with Crippen molar-refractivity contribution in [3.05, 3.63) is 24.3 Å². The van der Waals surface area contributed by atoms with Gasteiger partial charge in [0.05, 0.1) is 0 Å². The summed E-state index contributed by atoms with van der Waals surface area (Å²) in [7, 11) is 1.05. The summed E-state index contributed by atoms with van der Waals surface area (Å²) in [5.74, 6) is -57.7. The second kappa shape index (κ2) is 9.70. The fourth-order valence-corrected chi connectivity index (χ4v) is 5.94. The minimum atomic E-state index is -8.76. The SMILES string of the molecule is COc1cc[c]([Ge]([F])([F])[CH2]CC(F)(F)C(F)(F)C(F)(F)C(F)(F)C(F)(F)C(F)(F)C(F)(F)C(F)(F)F)cc1. The van der Waals surface area contributed by atoms with Gasteiger partial charge < -0.3 is 0 Å². The summed E-state index contributed by atoms with van der Waals surface area (Å²) in [6.45, 7) is 0. The van der Waals surface area contributed by atoms with E-state index < -0.39 is 77.9 Å². The Balaban J connectivity index is 3.44. The van der Waals surface area contributed by atoms with Gasteiger partial charge in [-0.1, -0.05) is 0 Å². The van der Waals surface area contributed by atoms with Crippen LogP contribution in [-0.2, 0) is 0 Å². The van der Waals surface area contributed by atoms with Crippen molar-refractivity contribution in [3.63, 3.8) is 0 Å². The zero-order valence-electron chi connectivity index (χ0n) is 17.8. The van der Waals surface area contributed by atoms with Crippen LogP contribution in [0.15, 0.2) is 24.3 Å². The predicted molar refractivity (Wildman–Crippen MR) is 90.7 cm³/mol. The van der Waals surface area contributed by atoms with Crippen LogP contribution in [-0.4, -0.2) is 68.9 Å². The van der Waals surface area contributed by atoms with E-state index in [-0.39, 0.29) is 5.75 Å². The number of ether oxygens (including phenoxy) is 1. The Morgan fingerprint density at radius 3 is 1.24 bits per heavy atom. The van der Waals surface area contributed by atoms with Crippen LogP contribution in [0.1, 0.15) is 6.42 Å². The molecule has 0 heterocycles. The second-order valence-corrected chi connectivity index (χ2v) is 12.8. The molecule has 0 N–H and O–H groups in total. The Kier molecular flexibility index (Phi) is 8.75. The second-order valence-electron chi connectivity index (χ2n) is 7.58. The van der Waals surface area contributed by atoms with Crippen molar-refractivity contribution < 1.29 is 86.4 Å². The van der Waals surface area contributed by atoms with Gasteiger partial charge in [0.1, 0.15) is 0 Å². The Morgan fingerprint density at radius 2 is 0.895 bits per heavy atom. The van der Waals surface area contributed by atoms with Crippen molar-refractivity contribution >= 4 is 18.6 Å². The molecular formula is C17H11F19GeO. The molecule has 0 unspecified atom stereocenters. The Hall–Kier alpha value is -1.77. The molecule has 21 heteroatoms. The molecule has 0 aromatic heterocycles.